The van der Waals surface area contributed by atoms with Gasteiger partial charge in [-0.05, 0) is 22.8 Å². The second kappa shape index (κ2) is 10.6. The first kappa shape index (κ1) is 25.4. The summed E-state index contributed by atoms with van der Waals surface area (Å²) in [6, 6.07) is 23.5. The van der Waals surface area contributed by atoms with Gasteiger partial charge in [0.1, 0.15) is 18.1 Å². The van der Waals surface area contributed by atoms with Crippen molar-refractivity contribution in [1.29, 1.82) is 0 Å². The summed E-state index contributed by atoms with van der Waals surface area (Å²) in [6.07, 6.45) is -0.0818. The second-order valence-corrected chi connectivity index (χ2v) is 9.98. The molecule has 8 N–H and O–H groups in total. The molecule has 0 bridgehead atoms. The third kappa shape index (κ3) is 5.25. The van der Waals surface area contributed by atoms with Crippen LogP contribution in [0.5, 0.6) is 0 Å². The Morgan fingerprint density at radius 2 is 1.05 bits per heavy atom. The number of carbonyl (C=O) groups is 3. The summed E-state index contributed by atoms with van der Waals surface area (Å²) in [5, 5.41) is 11.8. The van der Waals surface area contributed by atoms with Gasteiger partial charge in [-0.2, -0.15) is 0 Å². The lowest BCUT2D eigenvalue weighted by molar-refractivity contribution is -0.130. The number of hydrogen-bond donors (Lipinski definition) is 6. The summed E-state index contributed by atoms with van der Waals surface area (Å²) in [6.45, 7) is 0. The van der Waals surface area contributed by atoms with Crippen LogP contribution in [0.2, 0.25) is 0 Å². The Hall–Kier alpha value is -4.21. The van der Waals surface area contributed by atoms with Gasteiger partial charge < -0.3 is 32.7 Å². The molecule has 3 amide bonds. The number of nitrogens with one attached hydrogen (secondary N) is 4. The fourth-order valence-electron chi connectivity index (χ4n) is 5.20. The number of anilines is 1. The molecule has 0 radical (unpaired) electrons. The van der Waals surface area contributed by atoms with Gasteiger partial charge in [0.2, 0.25) is 17.7 Å². The van der Waals surface area contributed by atoms with E-state index < -0.39 is 47.6 Å². The SMILES string of the molecule is N[C@H]1Nc2ccccc2[C@@]1(N)C[C@@H]1NC(=O)[C@H](Cc2ccccc2)NC(=O)[C@@H](Cc2ccccc2)NC1=O. The van der Waals surface area contributed by atoms with Gasteiger partial charge in [0.15, 0.2) is 0 Å². The Balaban J connectivity index is 1.46. The van der Waals surface area contributed by atoms with Crippen LogP contribution in [-0.2, 0) is 32.8 Å². The number of carbonyl (C=O) groups excluding carboxylic acids is 3. The maximum absolute atomic E-state index is 13.6. The van der Waals surface area contributed by atoms with Crippen molar-refractivity contribution < 1.29 is 14.4 Å². The largest absolute Gasteiger partial charge is 0.368 e. The third-order valence-electron chi connectivity index (χ3n) is 7.30. The van der Waals surface area contributed by atoms with Gasteiger partial charge >= 0.3 is 0 Å². The lowest BCUT2D eigenvalue weighted by Gasteiger charge is -2.33. The first-order valence-electron chi connectivity index (χ1n) is 12.7. The number of nitrogens with two attached hydrogens (primary N) is 2. The number of fused-ring (bicyclic) bond motifs is 1. The fourth-order valence-corrected chi connectivity index (χ4v) is 5.20. The van der Waals surface area contributed by atoms with Gasteiger partial charge in [-0.3, -0.25) is 14.4 Å². The smallest absolute Gasteiger partial charge is 0.243 e. The number of hydrogen-bond acceptors (Lipinski definition) is 6. The van der Waals surface area contributed by atoms with Gasteiger partial charge in [-0.1, -0.05) is 78.9 Å². The standard InChI is InChI=1S/C29H32N6O3/c30-28-29(31,20-13-7-8-14-21(20)35-28)17-24-27(38)33-22(15-18-9-3-1-4-10-18)25(36)32-23(26(37)34-24)16-19-11-5-2-6-12-19/h1-14,22-24,28,35H,15-17,30-31H2,(H,32,36)(H,33,38)(H,34,37)/t22-,23+,24+,28+,29+/m1/s1. The van der Waals surface area contributed by atoms with Crippen LogP contribution in [0.25, 0.3) is 0 Å². The van der Waals surface area contributed by atoms with E-state index in [0.29, 0.717) is 0 Å². The quantitative estimate of drug-likeness (QED) is 0.289. The summed E-state index contributed by atoms with van der Waals surface area (Å²) >= 11 is 0. The number of para-hydroxylation sites is 1. The van der Waals surface area contributed by atoms with Gasteiger partial charge in [0.25, 0.3) is 0 Å². The van der Waals surface area contributed by atoms with Crippen LogP contribution in [0.4, 0.5) is 5.69 Å². The maximum atomic E-state index is 13.6. The molecule has 9 nitrogen and oxygen atoms in total. The van der Waals surface area contributed by atoms with Crippen LogP contribution in [0, 0.1) is 0 Å². The first-order valence-corrected chi connectivity index (χ1v) is 12.7. The summed E-state index contributed by atoms with van der Waals surface area (Å²) in [5.74, 6) is -1.37. The second-order valence-electron chi connectivity index (χ2n) is 9.98. The Morgan fingerprint density at radius 3 is 1.61 bits per heavy atom. The summed E-state index contributed by atoms with van der Waals surface area (Å²) < 4.78 is 0. The molecule has 1 saturated heterocycles. The average Bonchev–Trinajstić information content (AvgIpc) is 3.18. The third-order valence-corrected chi connectivity index (χ3v) is 7.30. The monoisotopic (exact) mass is 512 g/mol. The van der Waals surface area contributed by atoms with Gasteiger partial charge in [-0.15, -0.1) is 0 Å². The van der Waals surface area contributed by atoms with Gasteiger partial charge in [0.05, 0.1) is 11.7 Å². The van der Waals surface area contributed by atoms with Crippen LogP contribution in [-0.4, -0.2) is 42.0 Å². The van der Waals surface area contributed by atoms with E-state index in [9.17, 15) is 14.4 Å². The zero-order chi connectivity index (χ0) is 26.7. The predicted octanol–water partition coefficient (Wildman–Crippen LogP) is 0.894. The molecule has 9 heteroatoms. The van der Waals surface area contributed by atoms with E-state index >= 15 is 0 Å². The van der Waals surface area contributed by atoms with Crippen LogP contribution in [0.1, 0.15) is 23.1 Å². The van der Waals surface area contributed by atoms with Crippen LogP contribution in [0.3, 0.4) is 0 Å². The highest BCUT2D eigenvalue weighted by molar-refractivity contribution is 5.97. The minimum atomic E-state index is -1.12. The summed E-state index contributed by atoms with van der Waals surface area (Å²) in [4.78, 5) is 40.5. The molecule has 2 heterocycles. The molecule has 0 spiro atoms. The van der Waals surface area contributed by atoms with Crippen LogP contribution < -0.4 is 32.7 Å². The van der Waals surface area contributed by atoms with Crippen molar-refractivity contribution in [2.75, 3.05) is 5.32 Å². The van der Waals surface area contributed by atoms with Gasteiger partial charge in [-0.25, -0.2) is 0 Å². The highest BCUT2D eigenvalue weighted by atomic mass is 16.2. The van der Waals surface area contributed by atoms with E-state index in [1.165, 1.54) is 0 Å². The van der Waals surface area contributed by atoms with Crippen LogP contribution >= 0.6 is 0 Å². The van der Waals surface area contributed by atoms with Gasteiger partial charge in [0, 0.05) is 24.9 Å². The average molecular weight is 513 g/mol. The minimum absolute atomic E-state index is 0.0417. The van der Waals surface area contributed by atoms with Crippen LogP contribution in [0.15, 0.2) is 84.9 Å². The summed E-state index contributed by atoms with van der Waals surface area (Å²) in [7, 11) is 0. The molecule has 2 aliphatic rings. The molecule has 3 aromatic carbocycles. The molecule has 196 valence electrons. The minimum Gasteiger partial charge on any atom is -0.368 e. The van der Waals surface area contributed by atoms with Crippen molar-refractivity contribution in [3.63, 3.8) is 0 Å². The molecule has 5 rings (SSSR count). The molecule has 1 fully saturated rings. The molecule has 3 aromatic rings. The van der Waals surface area contributed by atoms with Crippen molar-refractivity contribution in [2.24, 2.45) is 11.5 Å². The topological polar surface area (TPSA) is 151 Å². The van der Waals surface area contributed by atoms with E-state index in [0.717, 1.165) is 22.4 Å². The highest BCUT2D eigenvalue weighted by Gasteiger charge is 2.46. The van der Waals surface area contributed by atoms with Crippen molar-refractivity contribution in [1.82, 2.24) is 16.0 Å². The zero-order valence-corrected chi connectivity index (χ0v) is 20.9. The van der Waals surface area contributed by atoms with E-state index in [2.05, 4.69) is 21.3 Å². The molecular weight excluding hydrogens is 480 g/mol. The van der Waals surface area contributed by atoms with E-state index in [1.54, 1.807) is 0 Å². The normalized spacial score (nSPS) is 27.1. The van der Waals surface area contributed by atoms with Crippen molar-refractivity contribution in [3.8, 4) is 0 Å². The Morgan fingerprint density at radius 1 is 0.605 bits per heavy atom. The van der Waals surface area contributed by atoms with Crippen molar-refractivity contribution >= 4 is 23.4 Å². The Labute approximate surface area is 221 Å². The Bertz CT molecular complexity index is 1280. The highest BCUT2D eigenvalue weighted by Crippen LogP contribution is 2.38. The summed E-state index contributed by atoms with van der Waals surface area (Å²) in [5.41, 5.74) is 15.4. The lowest BCUT2D eigenvalue weighted by Crippen LogP contribution is -2.59. The zero-order valence-electron chi connectivity index (χ0n) is 20.9. The maximum Gasteiger partial charge on any atom is 0.243 e. The molecule has 0 aromatic heterocycles. The molecule has 5 atom stereocenters. The number of amides is 3. The fraction of sp³-hybridized carbons (Fsp3) is 0.276. The van der Waals surface area contributed by atoms with Crippen molar-refractivity contribution in [3.05, 3.63) is 102 Å². The lowest BCUT2D eigenvalue weighted by atomic mass is 9.84. The number of benzene rings is 3. The molecule has 0 saturated carbocycles. The predicted molar refractivity (Wildman–Crippen MR) is 145 cm³/mol. The molecule has 2 aliphatic heterocycles. The molecule has 0 unspecified atom stereocenters. The number of rotatable bonds is 6. The van der Waals surface area contributed by atoms with E-state index in [1.807, 2.05) is 84.9 Å². The molecule has 38 heavy (non-hydrogen) atoms. The molecule has 0 aliphatic carbocycles. The first-order chi connectivity index (χ1) is 18.3. The van der Waals surface area contributed by atoms with Crippen molar-refractivity contribution in [2.45, 2.75) is 49.1 Å². The van der Waals surface area contributed by atoms with E-state index in [4.69, 9.17) is 11.5 Å². The van der Waals surface area contributed by atoms with E-state index in [-0.39, 0.29) is 19.3 Å². The molecular formula is C29H32N6O3. The Kier molecular flexibility index (Phi) is 7.13.